The first kappa shape index (κ1) is 12.4. The van der Waals surface area contributed by atoms with Gasteiger partial charge < -0.3 is 5.73 Å². The lowest BCUT2D eigenvalue weighted by Crippen LogP contribution is -2.54. The Balaban J connectivity index is 1.72. The largest absolute Gasteiger partial charge is 0.323 e. The maximum atomic E-state index is 6.80. The molecule has 0 spiro atoms. The van der Waals surface area contributed by atoms with Crippen LogP contribution in [-0.2, 0) is 0 Å². The summed E-state index contributed by atoms with van der Waals surface area (Å²) in [5.74, 6) is 1.94. The molecule has 5 rings (SSSR count). The van der Waals surface area contributed by atoms with Crippen LogP contribution in [0.2, 0.25) is 0 Å². The molecule has 104 valence electrons. The SMILES string of the molecule is Cc1sccc1C(N)C12CC3CC(CC(C)(C3)C1)C2. The van der Waals surface area contributed by atoms with Crippen LogP contribution in [0.25, 0.3) is 0 Å². The average Bonchev–Trinajstić information content (AvgIpc) is 2.71. The number of rotatable bonds is 2. The van der Waals surface area contributed by atoms with Crippen molar-refractivity contribution >= 4 is 11.3 Å². The van der Waals surface area contributed by atoms with Crippen LogP contribution in [0.15, 0.2) is 11.4 Å². The average molecular weight is 275 g/mol. The van der Waals surface area contributed by atoms with E-state index in [2.05, 4.69) is 25.3 Å². The van der Waals surface area contributed by atoms with Crippen molar-refractivity contribution in [3.8, 4) is 0 Å². The molecule has 1 nitrogen and oxygen atoms in total. The molecule has 1 aromatic heterocycles. The molecule has 19 heavy (non-hydrogen) atoms. The van der Waals surface area contributed by atoms with Gasteiger partial charge in [0.25, 0.3) is 0 Å². The number of hydrogen-bond acceptors (Lipinski definition) is 2. The zero-order valence-electron chi connectivity index (χ0n) is 12.1. The molecule has 1 aromatic rings. The van der Waals surface area contributed by atoms with Crippen molar-refractivity contribution < 1.29 is 0 Å². The van der Waals surface area contributed by atoms with Gasteiger partial charge in [0.15, 0.2) is 0 Å². The van der Waals surface area contributed by atoms with Crippen molar-refractivity contribution in [1.82, 2.24) is 0 Å². The monoisotopic (exact) mass is 275 g/mol. The van der Waals surface area contributed by atoms with Crippen LogP contribution in [-0.4, -0.2) is 0 Å². The minimum absolute atomic E-state index is 0.281. The van der Waals surface area contributed by atoms with Gasteiger partial charge >= 0.3 is 0 Å². The highest BCUT2D eigenvalue weighted by Gasteiger charge is 2.58. The molecular formula is C17H25NS. The third kappa shape index (κ3) is 1.76. The molecule has 0 aliphatic heterocycles. The zero-order valence-corrected chi connectivity index (χ0v) is 12.9. The highest BCUT2D eigenvalue weighted by molar-refractivity contribution is 7.10. The summed E-state index contributed by atoms with van der Waals surface area (Å²) in [4.78, 5) is 1.44. The molecule has 4 fully saturated rings. The van der Waals surface area contributed by atoms with Gasteiger partial charge in [-0.3, -0.25) is 0 Å². The van der Waals surface area contributed by atoms with E-state index in [-0.39, 0.29) is 6.04 Å². The van der Waals surface area contributed by atoms with Gasteiger partial charge in [-0.2, -0.15) is 0 Å². The molecule has 0 saturated heterocycles. The third-order valence-corrected chi connectivity index (χ3v) is 7.15. The predicted molar refractivity (Wildman–Crippen MR) is 81.2 cm³/mol. The van der Waals surface area contributed by atoms with Crippen molar-refractivity contribution in [2.45, 2.75) is 58.4 Å². The molecule has 1 heterocycles. The first-order valence-electron chi connectivity index (χ1n) is 7.79. The summed E-state index contributed by atoms with van der Waals surface area (Å²) in [7, 11) is 0. The molecule has 4 aliphatic rings. The van der Waals surface area contributed by atoms with Gasteiger partial charge in [-0.1, -0.05) is 6.92 Å². The lowest BCUT2D eigenvalue weighted by atomic mass is 9.43. The minimum Gasteiger partial charge on any atom is -0.323 e. The second-order valence-corrected chi connectivity index (χ2v) is 9.16. The summed E-state index contributed by atoms with van der Waals surface area (Å²) >= 11 is 1.86. The van der Waals surface area contributed by atoms with E-state index >= 15 is 0 Å². The van der Waals surface area contributed by atoms with Crippen molar-refractivity contribution in [3.63, 3.8) is 0 Å². The maximum Gasteiger partial charge on any atom is 0.0363 e. The van der Waals surface area contributed by atoms with Crippen LogP contribution in [0.5, 0.6) is 0 Å². The number of thiophene rings is 1. The van der Waals surface area contributed by atoms with Gasteiger partial charge in [0.2, 0.25) is 0 Å². The van der Waals surface area contributed by atoms with Crippen molar-refractivity contribution in [1.29, 1.82) is 0 Å². The molecule has 4 saturated carbocycles. The molecule has 4 aliphatic carbocycles. The summed E-state index contributed by atoms with van der Waals surface area (Å²) in [5, 5.41) is 2.22. The lowest BCUT2D eigenvalue weighted by molar-refractivity contribution is -0.113. The van der Waals surface area contributed by atoms with Crippen LogP contribution >= 0.6 is 11.3 Å². The Morgan fingerprint density at radius 1 is 1.26 bits per heavy atom. The maximum absolute atomic E-state index is 6.80. The number of hydrogen-bond donors (Lipinski definition) is 1. The number of nitrogens with two attached hydrogens (primary N) is 1. The Labute approximate surface area is 120 Å². The van der Waals surface area contributed by atoms with Crippen LogP contribution < -0.4 is 5.73 Å². The van der Waals surface area contributed by atoms with E-state index in [1.54, 1.807) is 0 Å². The Morgan fingerprint density at radius 2 is 1.95 bits per heavy atom. The van der Waals surface area contributed by atoms with E-state index in [1.165, 1.54) is 49.0 Å². The van der Waals surface area contributed by atoms with Crippen LogP contribution in [0, 0.1) is 29.6 Å². The third-order valence-electron chi connectivity index (χ3n) is 6.29. The second-order valence-electron chi connectivity index (χ2n) is 8.04. The Morgan fingerprint density at radius 3 is 2.47 bits per heavy atom. The molecule has 3 unspecified atom stereocenters. The van der Waals surface area contributed by atoms with Crippen LogP contribution in [0.1, 0.15) is 61.9 Å². The smallest absolute Gasteiger partial charge is 0.0363 e. The van der Waals surface area contributed by atoms with Gasteiger partial charge in [0, 0.05) is 10.9 Å². The van der Waals surface area contributed by atoms with Crippen molar-refractivity contribution in [2.75, 3.05) is 0 Å². The fourth-order valence-electron chi connectivity index (χ4n) is 6.21. The summed E-state index contributed by atoms with van der Waals surface area (Å²) in [5.41, 5.74) is 9.27. The van der Waals surface area contributed by atoms with Crippen molar-refractivity contribution in [2.24, 2.45) is 28.4 Å². The Kier molecular flexibility index (Phi) is 2.52. The highest BCUT2D eigenvalue weighted by atomic mass is 32.1. The lowest BCUT2D eigenvalue weighted by Gasteiger charge is -2.63. The quantitative estimate of drug-likeness (QED) is 0.834. The summed E-state index contributed by atoms with van der Waals surface area (Å²) in [6.45, 7) is 4.77. The van der Waals surface area contributed by atoms with E-state index in [1.807, 2.05) is 11.3 Å². The predicted octanol–water partition coefficient (Wildman–Crippen LogP) is 4.66. The molecule has 2 N–H and O–H groups in total. The van der Waals surface area contributed by atoms with E-state index in [4.69, 9.17) is 5.73 Å². The summed E-state index contributed by atoms with van der Waals surface area (Å²) < 4.78 is 0. The molecule has 2 heteroatoms. The minimum atomic E-state index is 0.281. The first-order chi connectivity index (χ1) is 9.00. The standard InChI is InChI=1S/C17H25NS/c1-11-14(3-4-19-11)15(18)17-8-12-5-13(9-17)7-16(2,6-12)10-17/h3-4,12-13,15H,5-10,18H2,1-2H3. The van der Waals surface area contributed by atoms with Gasteiger partial charge in [-0.15, -0.1) is 11.3 Å². The fraction of sp³-hybridized carbons (Fsp3) is 0.765. The highest BCUT2D eigenvalue weighted by Crippen LogP contribution is 2.68. The summed E-state index contributed by atoms with van der Waals surface area (Å²) in [6, 6.07) is 2.56. The molecule has 0 amide bonds. The Hall–Kier alpha value is -0.340. The van der Waals surface area contributed by atoms with E-state index in [0.29, 0.717) is 10.8 Å². The van der Waals surface area contributed by atoms with Crippen LogP contribution in [0.4, 0.5) is 0 Å². The molecule has 0 aromatic carbocycles. The molecular weight excluding hydrogens is 250 g/mol. The van der Waals surface area contributed by atoms with Crippen molar-refractivity contribution in [3.05, 3.63) is 21.9 Å². The second kappa shape index (κ2) is 3.85. The Bertz CT molecular complexity index is 489. The van der Waals surface area contributed by atoms with E-state index in [9.17, 15) is 0 Å². The molecule has 3 atom stereocenters. The van der Waals surface area contributed by atoms with Crippen LogP contribution in [0.3, 0.4) is 0 Å². The van der Waals surface area contributed by atoms with Gasteiger partial charge in [0.05, 0.1) is 0 Å². The molecule has 0 radical (unpaired) electrons. The molecule has 4 bridgehead atoms. The first-order valence-corrected chi connectivity index (χ1v) is 8.67. The number of aryl methyl sites for hydroxylation is 1. The van der Waals surface area contributed by atoms with Gasteiger partial charge in [-0.05, 0) is 85.1 Å². The van der Waals surface area contributed by atoms with E-state index in [0.717, 1.165) is 11.8 Å². The van der Waals surface area contributed by atoms with Gasteiger partial charge in [0.1, 0.15) is 0 Å². The fourth-order valence-corrected chi connectivity index (χ4v) is 6.96. The van der Waals surface area contributed by atoms with Gasteiger partial charge in [-0.25, -0.2) is 0 Å². The topological polar surface area (TPSA) is 26.0 Å². The van der Waals surface area contributed by atoms with E-state index < -0.39 is 0 Å². The zero-order chi connectivity index (χ0) is 13.3. The summed E-state index contributed by atoms with van der Waals surface area (Å²) in [6.07, 6.45) is 8.61. The normalized spacial score (nSPS) is 45.6.